The molecular formula is C25H26N2O6. The number of amides is 2. The lowest BCUT2D eigenvalue weighted by atomic mass is 9.98. The van der Waals surface area contributed by atoms with Gasteiger partial charge in [-0.05, 0) is 22.3 Å². The van der Waals surface area contributed by atoms with Crippen molar-refractivity contribution in [3.8, 4) is 11.1 Å². The molecule has 0 aromatic heterocycles. The van der Waals surface area contributed by atoms with Crippen LogP contribution in [0.1, 0.15) is 23.5 Å². The fourth-order valence-electron chi connectivity index (χ4n) is 5.24. The summed E-state index contributed by atoms with van der Waals surface area (Å²) in [5.74, 6) is -1.12. The predicted molar refractivity (Wildman–Crippen MR) is 119 cm³/mol. The molecule has 3 atom stereocenters. The van der Waals surface area contributed by atoms with Gasteiger partial charge in [0.25, 0.3) is 0 Å². The van der Waals surface area contributed by atoms with Crippen LogP contribution in [0.3, 0.4) is 0 Å². The molecule has 5 rings (SSSR count). The van der Waals surface area contributed by atoms with Crippen molar-refractivity contribution in [1.29, 1.82) is 0 Å². The quantitative estimate of drug-likeness (QED) is 0.701. The number of carboxylic acids is 1. The highest BCUT2D eigenvalue weighted by Crippen LogP contribution is 2.44. The minimum atomic E-state index is -1.17. The number of benzene rings is 2. The van der Waals surface area contributed by atoms with Crippen LogP contribution in [0, 0.1) is 11.8 Å². The summed E-state index contributed by atoms with van der Waals surface area (Å²) in [5.41, 5.74) is 4.39. The zero-order chi connectivity index (χ0) is 22.9. The molecule has 2 fully saturated rings. The van der Waals surface area contributed by atoms with E-state index in [1.165, 1.54) is 0 Å². The van der Waals surface area contributed by atoms with Crippen molar-refractivity contribution >= 4 is 18.0 Å². The minimum absolute atomic E-state index is 0.0963. The Morgan fingerprint density at radius 3 is 2.15 bits per heavy atom. The SMILES string of the molecule is O=C(O)CC(NC(=O)OCC1c2ccccc2-c2ccccc21)C(=O)N1CC2COCC2C1. The highest BCUT2D eigenvalue weighted by Gasteiger charge is 2.41. The van der Waals surface area contributed by atoms with E-state index in [0.717, 1.165) is 22.3 Å². The lowest BCUT2D eigenvalue weighted by molar-refractivity contribution is -0.142. The maximum atomic E-state index is 13.0. The number of aliphatic carboxylic acids is 1. The molecular weight excluding hydrogens is 424 g/mol. The normalized spacial score (nSPS) is 21.8. The molecule has 8 nitrogen and oxygen atoms in total. The monoisotopic (exact) mass is 450 g/mol. The number of carboxylic acid groups (broad SMARTS) is 1. The average Bonchev–Trinajstić information content (AvgIpc) is 3.49. The van der Waals surface area contributed by atoms with Crippen LogP contribution < -0.4 is 5.32 Å². The van der Waals surface area contributed by atoms with Crippen LogP contribution in [0.15, 0.2) is 48.5 Å². The van der Waals surface area contributed by atoms with Gasteiger partial charge in [-0.25, -0.2) is 4.79 Å². The van der Waals surface area contributed by atoms with Crippen molar-refractivity contribution in [3.63, 3.8) is 0 Å². The van der Waals surface area contributed by atoms with E-state index in [2.05, 4.69) is 5.32 Å². The van der Waals surface area contributed by atoms with Crippen molar-refractivity contribution in [2.45, 2.75) is 18.4 Å². The lowest BCUT2D eigenvalue weighted by Gasteiger charge is -2.24. The smallest absolute Gasteiger partial charge is 0.407 e. The van der Waals surface area contributed by atoms with Gasteiger partial charge in [-0.15, -0.1) is 0 Å². The second-order valence-corrected chi connectivity index (χ2v) is 8.92. The van der Waals surface area contributed by atoms with Crippen LogP contribution in [0.5, 0.6) is 0 Å². The molecule has 3 unspecified atom stereocenters. The molecule has 2 saturated heterocycles. The molecule has 2 aromatic carbocycles. The number of nitrogens with zero attached hydrogens (tertiary/aromatic N) is 1. The van der Waals surface area contributed by atoms with Gasteiger partial charge in [0.2, 0.25) is 5.91 Å². The van der Waals surface area contributed by atoms with E-state index in [9.17, 15) is 19.5 Å². The summed E-state index contributed by atoms with van der Waals surface area (Å²) in [6.45, 7) is 2.35. The molecule has 33 heavy (non-hydrogen) atoms. The van der Waals surface area contributed by atoms with Gasteiger partial charge in [0, 0.05) is 30.8 Å². The maximum Gasteiger partial charge on any atom is 0.407 e. The number of likely N-dealkylation sites (tertiary alicyclic amines) is 1. The summed E-state index contributed by atoms with van der Waals surface area (Å²) >= 11 is 0. The Morgan fingerprint density at radius 2 is 1.58 bits per heavy atom. The Labute approximate surface area is 191 Å². The van der Waals surface area contributed by atoms with E-state index in [-0.39, 0.29) is 30.3 Å². The number of carbonyl (C=O) groups is 3. The summed E-state index contributed by atoms with van der Waals surface area (Å²) in [6.07, 6.45) is -1.29. The fraction of sp³-hybridized carbons (Fsp3) is 0.400. The molecule has 2 amide bonds. The number of fused-ring (bicyclic) bond motifs is 4. The van der Waals surface area contributed by atoms with Gasteiger partial charge >= 0.3 is 12.1 Å². The minimum Gasteiger partial charge on any atom is -0.481 e. The van der Waals surface area contributed by atoms with Crippen LogP contribution in [0.25, 0.3) is 11.1 Å². The molecule has 8 heteroatoms. The molecule has 0 spiro atoms. The largest absolute Gasteiger partial charge is 0.481 e. The Kier molecular flexibility index (Phi) is 5.76. The van der Waals surface area contributed by atoms with Gasteiger partial charge in [0.1, 0.15) is 12.6 Å². The number of hydrogen-bond donors (Lipinski definition) is 2. The van der Waals surface area contributed by atoms with E-state index in [1.807, 2.05) is 48.5 Å². The Balaban J connectivity index is 1.24. The topological polar surface area (TPSA) is 105 Å². The Morgan fingerprint density at radius 1 is 1.00 bits per heavy atom. The fourth-order valence-corrected chi connectivity index (χ4v) is 5.24. The Bertz CT molecular complexity index is 1030. The van der Waals surface area contributed by atoms with E-state index in [1.54, 1.807) is 4.90 Å². The third-order valence-corrected chi connectivity index (χ3v) is 6.86. The first-order chi connectivity index (χ1) is 16.0. The number of carbonyl (C=O) groups excluding carboxylic acids is 2. The second-order valence-electron chi connectivity index (χ2n) is 8.92. The number of rotatable bonds is 6. The molecule has 2 aromatic rings. The summed E-state index contributed by atoms with van der Waals surface area (Å²) in [4.78, 5) is 38.6. The molecule has 0 radical (unpaired) electrons. The van der Waals surface area contributed by atoms with Gasteiger partial charge in [-0.3, -0.25) is 9.59 Å². The first-order valence-corrected chi connectivity index (χ1v) is 11.2. The molecule has 0 saturated carbocycles. The Hall–Kier alpha value is -3.39. The number of hydrogen-bond acceptors (Lipinski definition) is 5. The van der Waals surface area contributed by atoms with Crippen LogP contribution >= 0.6 is 0 Å². The number of nitrogens with one attached hydrogen (secondary N) is 1. The van der Waals surface area contributed by atoms with Gasteiger partial charge in [0.15, 0.2) is 0 Å². The lowest BCUT2D eigenvalue weighted by Crippen LogP contribution is -2.49. The van der Waals surface area contributed by atoms with Crippen molar-refractivity contribution in [1.82, 2.24) is 10.2 Å². The van der Waals surface area contributed by atoms with Gasteiger partial charge in [-0.2, -0.15) is 0 Å². The second kappa shape index (κ2) is 8.86. The number of ether oxygens (including phenoxy) is 2. The third-order valence-electron chi connectivity index (χ3n) is 6.86. The van der Waals surface area contributed by atoms with Crippen LogP contribution in [-0.2, 0) is 19.1 Å². The molecule has 2 aliphatic heterocycles. The molecule has 172 valence electrons. The molecule has 2 heterocycles. The predicted octanol–water partition coefficient (Wildman–Crippen LogP) is 2.47. The van der Waals surface area contributed by atoms with Crippen LogP contribution in [0.2, 0.25) is 0 Å². The third kappa shape index (κ3) is 4.18. The molecule has 3 aliphatic rings. The van der Waals surface area contributed by atoms with E-state index < -0.39 is 24.5 Å². The molecule has 0 bridgehead atoms. The van der Waals surface area contributed by atoms with Crippen molar-refractivity contribution in [2.24, 2.45) is 11.8 Å². The molecule has 2 N–H and O–H groups in total. The summed E-state index contributed by atoms with van der Waals surface area (Å²) in [6, 6.07) is 14.8. The van der Waals surface area contributed by atoms with E-state index in [0.29, 0.717) is 26.3 Å². The van der Waals surface area contributed by atoms with Crippen molar-refractivity contribution < 1.29 is 29.0 Å². The van der Waals surface area contributed by atoms with Crippen LogP contribution in [0.4, 0.5) is 4.79 Å². The summed E-state index contributed by atoms with van der Waals surface area (Å²) in [7, 11) is 0. The van der Waals surface area contributed by atoms with Gasteiger partial charge in [-0.1, -0.05) is 48.5 Å². The highest BCUT2D eigenvalue weighted by atomic mass is 16.5. The van der Waals surface area contributed by atoms with E-state index in [4.69, 9.17) is 9.47 Å². The first-order valence-electron chi connectivity index (χ1n) is 11.2. The first kappa shape index (κ1) is 21.5. The average molecular weight is 450 g/mol. The van der Waals surface area contributed by atoms with Gasteiger partial charge in [0.05, 0.1) is 19.6 Å². The number of alkyl carbamates (subject to hydrolysis) is 1. The zero-order valence-electron chi connectivity index (χ0n) is 18.1. The standard InChI is InChI=1S/C25H26N2O6/c28-23(29)9-22(24(30)27-10-15-12-32-13-16(15)11-27)26-25(31)33-14-21-19-7-3-1-5-17(19)18-6-2-4-8-20(18)21/h1-8,15-16,21-22H,9-14H2,(H,26,31)(H,28,29). The summed E-state index contributed by atoms with van der Waals surface area (Å²) in [5, 5.41) is 11.8. The van der Waals surface area contributed by atoms with Crippen molar-refractivity contribution in [3.05, 3.63) is 59.7 Å². The zero-order valence-corrected chi connectivity index (χ0v) is 18.1. The maximum absolute atomic E-state index is 13.0. The van der Waals surface area contributed by atoms with E-state index >= 15 is 0 Å². The van der Waals surface area contributed by atoms with Crippen LogP contribution in [-0.4, -0.2) is 66.9 Å². The van der Waals surface area contributed by atoms with Crippen molar-refractivity contribution in [2.75, 3.05) is 32.9 Å². The summed E-state index contributed by atoms with van der Waals surface area (Å²) < 4.78 is 10.9. The van der Waals surface area contributed by atoms with Gasteiger partial charge < -0.3 is 24.8 Å². The highest BCUT2D eigenvalue weighted by molar-refractivity contribution is 5.89. The molecule has 1 aliphatic carbocycles.